The monoisotopic (exact) mass is 869 g/mol. The molecule has 3 aliphatic carbocycles. The molecule has 1 aliphatic heterocycles. The number of phenols is 1. The third-order valence-corrected chi connectivity index (χ3v) is 13.6. The Morgan fingerprint density at radius 3 is 2.08 bits per heavy atom. The number of aliphatic hydroxyl groups is 3. The zero-order chi connectivity index (χ0) is 45.8. The van der Waals surface area contributed by atoms with Crippen LogP contribution < -0.4 is 5.32 Å². The molecule has 16 heteroatoms. The summed E-state index contributed by atoms with van der Waals surface area (Å²) in [6.45, 7) is 7.76. The van der Waals surface area contributed by atoms with Gasteiger partial charge in [-0.25, -0.2) is 9.59 Å². The molecule has 3 aromatic carbocycles. The van der Waals surface area contributed by atoms with E-state index in [1.165, 1.54) is 45.9 Å². The predicted molar refractivity (Wildman–Crippen MR) is 219 cm³/mol. The molecular weight excluding hydrogens is 819 g/mol. The molecule has 0 radical (unpaired) electrons. The lowest BCUT2D eigenvalue weighted by atomic mass is 9.44. The second kappa shape index (κ2) is 16.6. The highest BCUT2D eigenvalue weighted by molar-refractivity contribution is 5.96. The highest BCUT2D eigenvalue weighted by Gasteiger charge is 2.78. The summed E-state index contributed by atoms with van der Waals surface area (Å²) in [5.41, 5.74) is -7.58. The van der Waals surface area contributed by atoms with Gasteiger partial charge in [-0.15, -0.1) is 0 Å². The first kappa shape index (κ1) is 45.1. The predicted octanol–water partition coefficient (Wildman–Crippen LogP) is 3.44. The Balaban J connectivity index is 1.39. The van der Waals surface area contributed by atoms with E-state index in [1.54, 1.807) is 60.7 Å². The summed E-state index contributed by atoms with van der Waals surface area (Å²) in [7, 11) is 0. The minimum atomic E-state index is -2.46. The number of aromatic hydroxyl groups is 1. The van der Waals surface area contributed by atoms with Crippen LogP contribution in [-0.2, 0) is 42.9 Å². The van der Waals surface area contributed by atoms with Gasteiger partial charge in [0.05, 0.1) is 35.6 Å². The van der Waals surface area contributed by atoms with Gasteiger partial charge in [0.1, 0.15) is 29.7 Å². The third-order valence-electron chi connectivity index (χ3n) is 13.6. The number of ether oxygens (including phenoxy) is 5. The number of nitrogens with one attached hydrogen (secondary N) is 1. The summed E-state index contributed by atoms with van der Waals surface area (Å²) in [6.07, 6.45) is -10.9. The molecule has 63 heavy (non-hydrogen) atoms. The second-order valence-electron chi connectivity index (χ2n) is 17.5. The number of hydrogen-bond acceptors (Lipinski definition) is 15. The summed E-state index contributed by atoms with van der Waals surface area (Å²) < 4.78 is 30.1. The van der Waals surface area contributed by atoms with Crippen molar-refractivity contribution in [3.05, 3.63) is 113 Å². The molecule has 2 saturated carbocycles. The number of carbonyl (C=O) groups excluding carboxylic acids is 6. The molecule has 3 fully saturated rings. The van der Waals surface area contributed by atoms with Crippen molar-refractivity contribution < 1.29 is 72.9 Å². The number of fused-ring (bicyclic) bond motifs is 5. The van der Waals surface area contributed by atoms with E-state index in [1.807, 2.05) is 0 Å². The number of benzene rings is 3. The highest BCUT2D eigenvalue weighted by Crippen LogP contribution is 2.64. The van der Waals surface area contributed by atoms with E-state index in [4.69, 9.17) is 23.7 Å². The SMILES string of the molecule is CC(=O)O[C@H]1C(=O)[C@@]2(C)[C@H]([C@@H](OC(=O)c3cccc(O)c3)[C@]3(O)C[C@H](OC(=O)[C@H](O)[C@@H](NC(=O)c4ccccc4)c4ccccc4)C(C)=C1C3(C)C)C1(OC(C)=O)COC1C[C@@H]2O. The van der Waals surface area contributed by atoms with Crippen LogP contribution in [0.25, 0.3) is 0 Å². The van der Waals surface area contributed by atoms with Gasteiger partial charge in [0.2, 0.25) is 0 Å². The maximum Gasteiger partial charge on any atom is 0.338 e. The fraction of sp³-hybridized carbons (Fsp3) is 0.447. The Bertz CT molecular complexity index is 2350. The number of rotatable bonds is 10. The number of hydrogen-bond donors (Lipinski definition) is 5. The van der Waals surface area contributed by atoms with E-state index in [0.717, 1.165) is 19.9 Å². The average Bonchev–Trinajstić information content (AvgIpc) is 3.23. The highest BCUT2D eigenvalue weighted by atomic mass is 16.6. The van der Waals surface area contributed by atoms with Gasteiger partial charge in [0.25, 0.3) is 5.91 Å². The molecule has 2 unspecified atom stereocenters. The number of ketones is 1. The Morgan fingerprint density at radius 2 is 1.49 bits per heavy atom. The van der Waals surface area contributed by atoms with E-state index in [0.29, 0.717) is 5.56 Å². The van der Waals surface area contributed by atoms with E-state index in [-0.39, 0.29) is 41.1 Å². The molecule has 5 N–H and O–H groups in total. The maximum atomic E-state index is 15.5. The Kier molecular flexibility index (Phi) is 11.9. The van der Waals surface area contributed by atoms with Crippen molar-refractivity contribution in [3.63, 3.8) is 0 Å². The molecule has 7 rings (SSSR count). The first-order valence-electron chi connectivity index (χ1n) is 20.6. The van der Waals surface area contributed by atoms with Crippen LogP contribution >= 0.6 is 0 Å². The van der Waals surface area contributed by atoms with Crippen molar-refractivity contribution in [2.24, 2.45) is 16.7 Å². The lowest BCUT2D eigenvalue weighted by Crippen LogP contribution is -2.82. The molecule has 1 saturated heterocycles. The topological polar surface area (TPSA) is 242 Å². The van der Waals surface area contributed by atoms with Crippen LogP contribution in [0.2, 0.25) is 0 Å². The van der Waals surface area contributed by atoms with E-state index >= 15 is 4.79 Å². The first-order chi connectivity index (χ1) is 29.7. The number of phenolic OH excluding ortho intramolecular Hbond substituents is 1. The lowest BCUT2D eigenvalue weighted by Gasteiger charge is -2.67. The number of amides is 1. The smallest absolute Gasteiger partial charge is 0.338 e. The van der Waals surface area contributed by atoms with Crippen LogP contribution in [0.4, 0.5) is 0 Å². The third kappa shape index (κ3) is 7.58. The van der Waals surface area contributed by atoms with Gasteiger partial charge < -0.3 is 49.4 Å². The largest absolute Gasteiger partial charge is 0.508 e. The van der Waals surface area contributed by atoms with Crippen molar-refractivity contribution in [2.45, 2.75) is 108 Å². The first-order valence-corrected chi connectivity index (χ1v) is 20.6. The fourth-order valence-electron chi connectivity index (χ4n) is 10.2. The zero-order valence-electron chi connectivity index (χ0n) is 35.6. The summed E-state index contributed by atoms with van der Waals surface area (Å²) in [6, 6.07) is 20.1. The van der Waals surface area contributed by atoms with Gasteiger partial charge in [-0.1, -0.05) is 68.4 Å². The van der Waals surface area contributed by atoms with Crippen molar-refractivity contribution in [1.82, 2.24) is 5.32 Å². The minimum absolute atomic E-state index is 0.0421. The lowest BCUT2D eigenvalue weighted by molar-refractivity contribution is -0.346. The van der Waals surface area contributed by atoms with E-state index in [9.17, 15) is 44.4 Å². The van der Waals surface area contributed by atoms with Gasteiger partial charge in [0.15, 0.2) is 23.6 Å². The van der Waals surface area contributed by atoms with Crippen molar-refractivity contribution in [1.29, 1.82) is 0 Å². The molecule has 11 atom stereocenters. The van der Waals surface area contributed by atoms with Gasteiger partial charge in [-0.2, -0.15) is 0 Å². The van der Waals surface area contributed by atoms with Crippen LogP contribution in [0.5, 0.6) is 5.75 Å². The molecule has 1 amide bonds. The fourth-order valence-corrected chi connectivity index (χ4v) is 10.2. The number of Topliss-reactive ketones (excluding diaryl/α,β-unsaturated/α-hetero) is 1. The molecular formula is C47H51NO15. The quantitative estimate of drug-likeness (QED) is 0.111. The average molecular weight is 870 g/mol. The summed E-state index contributed by atoms with van der Waals surface area (Å²) >= 11 is 0. The molecule has 0 spiro atoms. The van der Waals surface area contributed by atoms with Crippen LogP contribution in [0, 0.1) is 16.7 Å². The normalized spacial score (nSPS) is 31.5. The van der Waals surface area contributed by atoms with E-state index in [2.05, 4.69) is 5.32 Å². The maximum absolute atomic E-state index is 15.5. The van der Waals surface area contributed by atoms with Crippen LogP contribution in [-0.4, -0.2) is 110 Å². The van der Waals surface area contributed by atoms with Crippen LogP contribution in [0.3, 0.4) is 0 Å². The standard InChI is InChI=1S/C47H51NO15/c1-24-31(61-43(57)36(53)35(27-14-9-7-10-15-27)48-41(55)28-16-11-8-12-17-28)22-47(58)40(62-42(56)29-18-13-19-30(51)20-29)38-45(6,32(52)21-33-46(38,23-59-33)63-26(3)50)39(54)37(60-25(2)49)34(24)44(47,4)5/h7-20,31-33,35-38,40,51-53,58H,21-23H2,1-6H3,(H,48,55)/t31-,32-,33?,35-,36+,37+,38-,40+,45+,46?,47+/m0/s1. The van der Waals surface area contributed by atoms with Crippen molar-refractivity contribution >= 4 is 35.6 Å². The Morgan fingerprint density at radius 1 is 0.857 bits per heavy atom. The molecule has 4 aliphatic rings. The zero-order valence-corrected chi connectivity index (χ0v) is 35.6. The van der Waals surface area contributed by atoms with Gasteiger partial charge >= 0.3 is 23.9 Å². The van der Waals surface area contributed by atoms with Crippen LogP contribution in [0.15, 0.2) is 96.1 Å². The Hall–Kier alpha value is -5.94. The molecule has 2 bridgehead atoms. The Labute approximate surface area is 363 Å². The summed E-state index contributed by atoms with van der Waals surface area (Å²) in [4.78, 5) is 83.5. The number of aliphatic hydroxyl groups excluding tert-OH is 2. The number of esters is 4. The second-order valence-corrected chi connectivity index (χ2v) is 17.5. The summed E-state index contributed by atoms with van der Waals surface area (Å²) in [5, 5.41) is 50.5. The minimum Gasteiger partial charge on any atom is -0.508 e. The van der Waals surface area contributed by atoms with Crippen molar-refractivity contribution in [2.75, 3.05) is 6.61 Å². The van der Waals surface area contributed by atoms with Gasteiger partial charge in [-0.3, -0.25) is 19.2 Å². The van der Waals surface area contributed by atoms with Crippen LogP contribution in [0.1, 0.15) is 86.7 Å². The van der Waals surface area contributed by atoms with Gasteiger partial charge in [-0.05, 0) is 60.9 Å². The van der Waals surface area contributed by atoms with Crippen molar-refractivity contribution in [3.8, 4) is 5.75 Å². The summed E-state index contributed by atoms with van der Waals surface area (Å²) in [5.74, 6) is -7.49. The molecule has 3 aromatic rings. The van der Waals surface area contributed by atoms with E-state index < -0.39 is 113 Å². The van der Waals surface area contributed by atoms with Gasteiger partial charge in [0, 0.05) is 37.7 Å². The molecule has 1 heterocycles. The molecule has 334 valence electrons. The molecule has 0 aromatic heterocycles. The molecule has 16 nitrogen and oxygen atoms in total. The number of carbonyl (C=O) groups is 6.